The van der Waals surface area contributed by atoms with Crippen LogP contribution in [-0.2, 0) is 16.0 Å². The largest absolute Gasteiger partial charge is 0.299 e. The van der Waals surface area contributed by atoms with Gasteiger partial charge < -0.3 is 0 Å². The maximum absolute atomic E-state index is 11.8. The van der Waals surface area contributed by atoms with Crippen LogP contribution in [0.2, 0.25) is 0 Å². The number of benzene rings is 1. The SMILES string of the molecule is CCC(=O)C(CCCCCCc1ccccc1)C(=O)CC. The molecule has 2 heteroatoms. The highest BCUT2D eigenvalue weighted by atomic mass is 16.1. The molecule has 0 heterocycles. The van der Waals surface area contributed by atoms with Gasteiger partial charge in [-0.05, 0) is 24.8 Å². The fraction of sp³-hybridized carbons (Fsp3) is 0.579. The van der Waals surface area contributed by atoms with E-state index in [1.165, 1.54) is 18.4 Å². The van der Waals surface area contributed by atoms with Crippen LogP contribution in [0.15, 0.2) is 30.3 Å². The Bertz CT molecular complexity index is 406. The van der Waals surface area contributed by atoms with Crippen molar-refractivity contribution in [3.63, 3.8) is 0 Å². The van der Waals surface area contributed by atoms with Crippen molar-refractivity contribution in [2.24, 2.45) is 5.92 Å². The van der Waals surface area contributed by atoms with Crippen molar-refractivity contribution in [3.05, 3.63) is 35.9 Å². The highest BCUT2D eigenvalue weighted by molar-refractivity contribution is 6.02. The predicted octanol–water partition coefficient (Wildman–Crippen LogP) is 4.75. The third-order valence-electron chi connectivity index (χ3n) is 4.03. The van der Waals surface area contributed by atoms with Crippen LogP contribution in [0, 0.1) is 5.92 Å². The molecule has 116 valence electrons. The molecule has 1 rings (SSSR count). The highest BCUT2D eigenvalue weighted by Gasteiger charge is 2.22. The quantitative estimate of drug-likeness (QED) is 0.435. The molecule has 1 aromatic carbocycles. The normalized spacial score (nSPS) is 10.8. The standard InChI is InChI=1S/C19H28O2/c1-3-18(20)17(19(21)4-2)15-11-6-5-8-12-16-13-9-7-10-14-16/h7,9-10,13-14,17H,3-6,8,11-12,15H2,1-2H3. The minimum absolute atomic E-state index is 0.117. The summed E-state index contributed by atoms with van der Waals surface area (Å²) in [5.74, 6) is -0.105. The second-order valence-corrected chi connectivity index (χ2v) is 5.63. The van der Waals surface area contributed by atoms with E-state index in [0.29, 0.717) is 12.8 Å². The number of hydrogen-bond acceptors (Lipinski definition) is 2. The van der Waals surface area contributed by atoms with Crippen LogP contribution in [0.4, 0.5) is 0 Å². The first kappa shape index (κ1) is 17.6. The van der Waals surface area contributed by atoms with Crippen LogP contribution in [0.3, 0.4) is 0 Å². The van der Waals surface area contributed by atoms with E-state index < -0.39 is 0 Å². The number of aryl methyl sites for hydroxylation is 1. The van der Waals surface area contributed by atoms with Crippen LogP contribution in [-0.4, -0.2) is 11.6 Å². The summed E-state index contributed by atoms with van der Waals surface area (Å²) in [6.45, 7) is 3.69. The lowest BCUT2D eigenvalue weighted by atomic mass is 9.90. The van der Waals surface area contributed by atoms with Gasteiger partial charge in [0.2, 0.25) is 0 Å². The van der Waals surface area contributed by atoms with Gasteiger partial charge in [0, 0.05) is 12.8 Å². The zero-order valence-electron chi connectivity index (χ0n) is 13.4. The lowest BCUT2D eigenvalue weighted by Gasteiger charge is -2.12. The van der Waals surface area contributed by atoms with Crippen molar-refractivity contribution >= 4 is 11.6 Å². The van der Waals surface area contributed by atoms with E-state index in [9.17, 15) is 9.59 Å². The molecule has 0 aliphatic rings. The molecule has 0 amide bonds. The fourth-order valence-electron chi connectivity index (χ4n) is 2.67. The van der Waals surface area contributed by atoms with Crippen molar-refractivity contribution in [2.75, 3.05) is 0 Å². The van der Waals surface area contributed by atoms with Gasteiger partial charge in [0.1, 0.15) is 11.6 Å². The Kier molecular flexibility index (Phi) is 8.65. The number of carbonyl (C=O) groups is 2. The van der Waals surface area contributed by atoms with Gasteiger partial charge in [-0.2, -0.15) is 0 Å². The van der Waals surface area contributed by atoms with Crippen LogP contribution >= 0.6 is 0 Å². The summed E-state index contributed by atoms with van der Waals surface area (Å²) in [5.41, 5.74) is 1.39. The molecule has 0 saturated carbocycles. The summed E-state index contributed by atoms with van der Waals surface area (Å²) in [5, 5.41) is 0. The Morgan fingerprint density at radius 1 is 0.857 bits per heavy atom. The average Bonchev–Trinajstić information content (AvgIpc) is 2.53. The first-order chi connectivity index (χ1) is 10.2. The Balaban J connectivity index is 2.19. The zero-order valence-corrected chi connectivity index (χ0v) is 13.4. The number of Topliss-reactive ketones (excluding diaryl/α,β-unsaturated/α-hetero) is 2. The monoisotopic (exact) mass is 288 g/mol. The topological polar surface area (TPSA) is 34.1 Å². The highest BCUT2D eigenvalue weighted by Crippen LogP contribution is 2.17. The van der Waals surface area contributed by atoms with Gasteiger partial charge in [-0.25, -0.2) is 0 Å². The van der Waals surface area contributed by atoms with Gasteiger partial charge in [-0.3, -0.25) is 9.59 Å². The lowest BCUT2D eigenvalue weighted by molar-refractivity contribution is -0.132. The molecule has 0 atom stereocenters. The molecular formula is C19H28O2. The number of unbranched alkanes of at least 4 members (excludes halogenated alkanes) is 3. The molecule has 0 unspecified atom stereocenters. The van der Waals surface area contributed by atoms with Gasteiger partial charge >= 0.3 is 0 Å². The van der Waals surface area contributed by atoms with E-state index in [4.69, 9.17) is 0 Å². The van der Waals surface area contributed by atoms with Crippen molar-refractivity contribution in [2.45, 2.75) is 65.2 Å². The Hall–Kier alpha value is -1.44. The van der Waals surface area contributed by atoms with Crippen molar-refractivity contribution in [3.8, 4) is 0 Å². The van der Waals surface area contributed by atoms with Gasteiger partial charge in [0.05, 0.1) is 5.92 Å². The fourth-order valence-corrected chi connectivity index (χ4v) is 2.67. The lowest BCUT2D eigenvalue weighted by Crippen LogP contribution is -2.22. The number of hydrogen-bond donors (Lipinski definition) is 0. The summed E-state index contributed by atoms with van der Waals surface area (Å²) in [6, 6.07) is 10.5. The molecule has 2 nitrogen and oxygen atoms in total. The molecule has 0 aliphatic carbocycles. The zero-order chi connectivity index (χ0) is 15.5. The van der Waals surface area contributed by atoms with Crippen LogP contribution in [0.1, 0.15) is 64.4 Å². The van der Waals surface area contributed by atoms with Crippen LogP contribution in [0.5, 0.6) is 0 Å². The summed E-state index contributed by atoms with van der Waals surface area (Å²) in [6.07, 6.45) is 7.25. The molecule has 0 bridgehead atoms. The number of ketones is 2. The first-order valence-corrected chi connectivity index (χ1v) is 8.28. The second kappa shape index (κ2) is 10.3. The summed E-state index contributed by atoms with van der Waals surface area (Å²) < 4.78 is 0. The summed E-state index contributed by atoms with van der Waals surface area (Å²) >= 11 is 0. The predicted molar refractivity (Wildman–Crippen MR) is 87.3 cm³/mol. The number of rotatable bonds is 11. The molecule has 1 aromatic rings. The van der Waals surface area contributed by atoms with E-state index in [2.05, 4.69) is 24.3 Å². The van der Waals surface area contributed by atoms with E-state index in [-0.39, 0.29) is 17.5 Å². The minimum atomic E-state index is -0.339. The molecule has 0 aromatic heterocycles. The van der Waals surface area contributed by atoms with E-state index in [0.717, 1.165) is 25.7 Å². The third kappa shape index (κ3) is 6.70. The van der Waals surface area contributed by atoms with Crippen molar-refractivity contribution in [1.82, 2.24) is 0 Å². The molecule has 0 aliphatic heterocycles. The average molecular weight is 288 g/mol. The van der Waals surface area contributed by atoms with Crippen molar-refractivity contribution in [1.29, 1.82) is 0 Å². The molecule has 21 heavy (non-hydrogen) atoms. The maximum atomic E-state index is 11.8. The molecule has 0 radical (unpaired) electrons. The molecule has 0 spiro atoms. The first-order valence-electron chi connectivity index (χ1n) is 8.28. The second-order valence-electron chi connectivity index (χ2n) is 5.63. The minimum Gasteiger partial charge on any atom is -0.299 e. The van der Waals surface area contributed by atoms with Gasteiger partial charge in [0.25, 0.3) is 0 Å². The van der Waals surface area contributed by atoms with E-state index in [1.807, 2.05) is 19.9 Å². The Morgan fingerprint density at radius 2 is 1.43 bits per heavy atom. The Morgan fingerprint density at radius 3 is 2.00 bits per heavy atom. The van der Waals surface area contributed by atoms with Gasteiger partial charge in [-0.15, -0.1) is 0 Å². The Labute approximate surface area is 128 Å². The summed E-state index contributed by atoms with van der Waals surface area (Å²) in [4.78, 5) is 23.6. The van der Waals surface area contributed by atoms with Gasteiger partial charge in [0.15, 0.2) is 0 Å². The molecule has 0 fully saturated rings. The molecular weight excluding hydrogens is 260 g/mol. The van der Waals surface area contributed by atoms with Crippen molar-refractivity contribution < 1.29 is 9.59 Å². The summed E-state index contributed by atoms with van der Waals surface area (Å²) in [7, 11) is 0. The van der Waals surface area contributed by atoms with Gasteiger partial charge in [-0.1, -0.05) is 63.4 Å². The third-order valence-corrected chi connectivity index (χ3v) is 4.03. The molecule has 0 saturated heterocycles. The molecule has 0 N–H and O–H groups in total. The maximum Gasteiger partial charge on any atom is 0.143 e. The van der Waals surface area contributed by atoms with Crippen LogP contribution in [0.25, 0.3) is 0 Å². The number of carbonyl (C=O) groups excluding carboxylic acids is 2. The van der Waals surface area contributed by atoms with E-state index in [1.54, 1.807) is 0 Å². The van der Waals surface area contributed by atoms with E-state index >= 15 is 0 Å². The smallest absolute Gasteiger partial charge is 0.143 e. The van der Waals surface area contributed by atoms with Crippen LogP contribution < -0.4 is 0 Å².